The van der Waals surface area contributed by atoms with Crippen LogP contribution in [0.4, 0.5) is 0 Å². The topological polar surface area (TPSA) is 60.1 Å². The predicted octanol–water partition coefficient (Wildman–Crippen LogP) is 3.04. The van der Waals surface area contributed by atoms with E-state index in [-0.39, 0.29) is 5.91 Å². The van der Waals surface area contributed by atoms with Gasteiger partial charge in [0.1, 0.15) is 5.76 Å². The summed E-state index contributed by atoms with van der Waals surface area (Å²) >= 11 is 3.49. The van der Waals surface area contributed by atoms with Gasteiger partial charge in [0.25, 0.3) is 5.91 Å². The van der Waals surface area contributed by atoms with Gasteiger partial charge in [0.15, 0.2) is 5.76 Å². The van der Waals surface area contributed by atoms with Crippen molar-refractivity contribution in [1.82, 2.24) is 15.1 Å². The Kier molecular flexibility index (Phi) is 4.65. The number of hydrogen-bond acceptors (Lipinski definition) is 3. The summed E-state index contributed by atoms with van der Waals surface area (Å²) in [6.45, 7) is 7.11. The Morgan fingerprint density at radius 1 is 1.45 bits per heavy atom. The molecule has 2 aromatic heterocycles. The van der Waals surface area contributed by atoms with Crippen LogP contribution >= 0.6 is 15.9 Å². The van der Waals surface area contributed by atoms with Crippen LogP contribution in [0.2, 0.25) is 0 Å². The minimum Gasteiger partial charge on any atom is -0.454 e. The Balaban J connectivity index is 2.09. The van der Waals surface area contributed by atoms with Crippen LogP contribution < -0.4 is 5.32 Å². The summed E-state index contributed by atoms with van der Waals surface area (Å²) in [5.74, 6) is 0.881. The molecule has 0 aliphatic rings. The smallest absolute Gasteiger partial charge is 0.286 e. The molecule has 6 heteroatoms. The van der Waals surface area contributed by atoms with E-state index in [1.165, 1.54) is 0 Å². The third-order valence-electron chi connectivity index (χ3n) is 3.02. The van der Waals surface area contributed by atoms with E-state index < -0.39 is 0 Å². The van der Waals surface area contributed by atoms with Crippen LogP contribution in [0.1, 0.15) is 41.0 Å². The van der Waals surface area contributed by atoms with Gasteiger partial charge < -0.3 is 9.73 Å². The average Bonchev–Trinajstić information content (AvgIpc) is 2.98. The summed E-state index contributed by atoms with van der Waals surface area (Å²) in [4.78, 5) is 11.8. The average molecular weight is 340 g/mol. The zero-order valence-corrected chi connectivity index (χ0v) is 13.5. The molecule has 2 heterocycles. The molecule has 0 unspecified atom stereocenters. The van der Waals surface area contributed by atoms with Crippen molar-refractivity contribution in [2.24, 2.45) is 0 Å². The molecular formula is C14H18BrN3O2. The number of aromatic nitrogens is 2. The molecule has 1 N–H and O–H groups in total. The van der Waals surface area contributed by atoms with Crippen LogP contribution in [0.25, 0.3) is 0 Å². The predicted molar refractivity (Wildman–Crippen MR) is 79.8 cm³/mol. The highest BCUT2D eigenvalue weighted by atomic mass is 79.9. The van der Waals surface area contributed by atoms with E-state index in [2.05, 4.69) is 26.3 Å². The van der Waals surface area contributed by atoms with E-state index >= 15 is 0 Å². The lowest BCUT2D eigenvalue weighted by atomic mass is 10.4. The molecule has 0 saturated carbocycles. The molecule has 108 valence electrons. The van der Waals surface area contributed by atoms with Crippen LogP contribution in [-0.4, -0.2) is 22.2 Å². The molecular weight excluding hydrogens is 322 g/mol. The highest BCUT2D eigenvalue weighted by Gasteiger charge is 2.13. The lowest BCUT2D eigenvalue weighted by Gasteiger charge is -2.02. The second kappa shape index (κ2) is 6.26. The summed E-state index contributed by atoms with van der Waals surface area (Å²) in [6, 6.07) is 3.51. The van der Waals surface area contributed by atoms with Crippen LogP contribution in [0.3, 0.4) is 0 Å². The SMILES string of the molecule is CCCNC(=O)c1ccc(Cn2nc(C)c(Br)c2C)o1. The Hall–Kier alpha value is -1.56. The highest BCUT2D eigenvalue weighted by Crippen LogP contribution is 2.21. The fraction of sp³-hybridized carbons (Fsp3) is 0.429. The molecule has 0 fully saturated rings. The number of amides is 1. The van der Waals surface area contributed by atoms with E-state index in [1.807, 2.05) is 31.5 Å². The lowest BCUT2D eigenvalue weighted by Crippen LogP contribution is -2.23. The number of furan rings is 1. The van der Waals surface area contributed by atoms with E-state index in [4.69, 9.17) is 4.42 Å². The molecule has 0 radical (unpaired) electrons. The number of rotatable bonds is 5. The Labute approximate surface area is 126 Å². The molecule has 0 spiro atoms. The van der Waals surface area contributed by atoms with Crippen LogP contribution in [0.5, 0.6) is 0 Å². The number of aryl methyl sites for hydroxylation is 1. The summed E-state index contributed by atoms with van der Waals surface area (Å²) in [6.07, 6.45) is 0.902. The monoisotopic (exact) mass is 339 g/mol. The zero-order chi connectivity index (χ0) is 14.7. The number of nitrogens with zero attached hydrogens (tertiary/aromatic N) is 2. The number of halogens is 1. The molecule has 0 bridgehead atoms. The molecule has 0 atom stereocenters. The highest BCUT2D eigenvalue weighted by molar-refractivity contribution is 9.10. The third kappa shape index (κ3) is 3.12. The second-order valence-electron chi connectivity index (χ2n) is 4.66. The molecule has 20 heavy (non-hydrogen) atoms. The Bertz CT molecular complexity index is 616. The lowest BCUT2D eigenvalue weighted by molar-refractivity contribution is 0.0924. The van der Waals surface area contributed by atoms with Crippen molar-refractivity contribution in [3.63, 3.8) is 0 Å². The summed E-state index contributed by atoms with van der Waals surface area (Å²) < 4.78 is 8.42. The van der Waals surface area contributed by atoms with Gasteiger partial charge >= 0.3 is 0 Å². The van der Waals surface area contributed by atoms with Gasteiger partial charge in [0.05, 0.1) is 22.4 Å². The van der Waals surface area contributed by atoms with Gasteiger partial charge in [0, 0.05) is 6.54 Å². The zero-order valence-electron chi connectivity index (χ0n) is 11.9. The Morgan fingerprint density at radius 2 is 2.20 bits per heavy atom. The van der Waals surface area contributed by atoms with Gasteiger partial charge in [-0.3, -0.25) is 9.48 Å². The van der Waals surface area contributed by atoms with Crippen LogP contribution in [0, 0.1) is 13.8 Å². The van der Waals surface area contributed by atoms with Crippen molar-refractivity contribution in [2.75, 3.05) is 6.54 Å². The standard InChI is InChI=1S/C14H18BrN3O2/c1-4-7-16-14(19)12-6-5-11(20-12)8-18-10(3)13(15)9(2)17-18/h5-6H,4,7-8H2,1-3H3,(H,16,19). The number of hydrogen-bond donors (Lipinski definition) is 1. The van der Waals surface area contributed by atoms with E-state index in [0.29, 0.717) is 24.6 Å². The third-order valence-corrected chi connectivity index (χ3v) is 4.17. The quantitative estimate of drug-likeness (QED) is 0.910. The van der Waals surface area contributed by atoms with Gasteiger partial charge in [-0.25, -0.2) is 0 Å². The normalized spacial score (nSPS) is 10.8. The number of carbonyl (C=O) groups is 1. The summed E-state index contributed by atoms with van der Waals surface area (Å²) in [5.41, 5.74) is 1.98. The van der Waals surface area contributed by atoms with Crippen molar-refractivity contribution in [3.8, 4) is 0 Å². The van der Waals surface area contributed by atoms with Gasteiger partial charge in [0.2, 0.25) is 0 Å². The van der Waals surface area contributed by atoms with Gasteiger partial charge in [-0.2, -0.15) is 5.10 Å². The first-order valence-corrected chi connectivity index (χ1v) is 7.38. The van der Waals surface area contributed by atoms with Crippen LogP contribution in [-0.2, 0) is 6.54 Å². The van der Waals surface area contributed by atoms with Crippen molar-refractivity contribution < 1.29 is 9.21 Å². The summed E-state index contributed by atoms with van der Waals surface area (Å²) in [7, 11) is 0. The van der Waals surface area contributed by atoms with E-state index in [0.717, 1.165) is 22.3 Å². The molecule has 0 saturated heterocycles. The van der Waals surface area contributed by atoms with Crippen molar-refractivity contribution in [2.45, 2.75) is 33.7 Å². The fourth-order valence-corrected chi connectivity index (χ4v) is 2.17. The minimum absolute atomic E-state index is 0.173. The number of nitrogens with one attached hydrogen (secondary N) is 1. The molecule has 0 aliphatic carbocycles. The van der Waals surface area contributed by atoms with Crippen LogP contribution in [0.15, 0.2) is 21.0 Å². The molecule has 1 amide bonds. The molecule has 0 aromatic carbocycles. The maximum Gasteiger partial charge on any atom is 0.286 e. The van der Waals surface area contributed by atoms with Gasteiger partial charge in [-0.05, 0) is 48.3 Å². The first-order valence-electron chi connectivity index (χ1n) is 6.59. The maximum absolute atomic E-state index is 11.8. The largest absolute Gasteiger partial charge is 0.454 e. The maximum atomic E-state index is 11.8. The first-order chi connectivity index (χ1) is 9.52. The number of carbonyl (C=O) groups excluding carboxylic acids is 1. The first kappa shape index (κ1) is 14.8. The molecule has 2 aromatic rings. The van der Waals surface area contributed by atoms with Crippen molar-refractivity contribution >= 4 is 21.8 Å². The second-order valence-corrected chi connectivity index (χ2v) is 5.46. The minimum atomic E-state index is -0.173. The molecule has 5 nitrogen and oxygen atoms in total. The molecule has 2 rings (SSSR count). The Morgan fingerprint density at radius 3 is 2.80 bits per heavy atom. The van der Waals surface area contributed by atoms with E-state index in [9.17, 15) is 4.79 Å². The molecule has 0 aliphatic heterocycles. The summed E-state index contributed by atoms with van der Waals surface area (Å²) in [5, 5.41) is 7.21. The van der Waals surface area contributed by atoms with E-state index in [1.54, 1.807) is 6.07 Å². The van der Waals surface area contributed by atoms with Gasteiger partial charge in [-0.1, -0.05) is 6.92 Å². The van der Waals surface area contributed by atoms with Gasteiger partial charge in [-0.15, -0.1) is 0 Å². The van der Waals surface area contributed by atoms with Crippen molar-refractivity contribution in [3.05, 3.63) is 39.5 Å². The fourth-order valence-electron chi connectivity index (χ4n) is 1.89. The van der Waals surface area contributed by atoms with Crippen molar-refractivity contribution in [1.29, 1.82) is 0 Å².